The first-order valence-corrected chi connectivity index (χ1v) is 10.6. The summed E-state index contributed by atoms with van der Waals surface area (Å²) < 4.78 is 17.0. The van der Waals surface area contributed by atoms with Gasteiger partial charge in [-0.05, 0) is 48.5 Å². The molecule has 0 radical (unpaired) electrons. The fourth-order valence-electron chi connectivity index (χ4n) is 3.19. The molecule has 0 aliphatic carbocycles. The number of nitrogens with zero attached hydrogens (tertiary/aromatic N) is 2. The third-order valence-electron chi connectivity index (χ3n) is 4.91. The van der Waals surface area contributed by atoms with Gasteiger partial charge in [0.05, 0.1) is 25.6 Å². The minimum atomic E-state index is -0.781. The summed E-state index contributed by atoms with van der Waals surface area (Å²) >= 11 is 0. The van der Waals surface area contributed by atoms with Crippen LogP contribution in [0.3, 0.4) is 0 Å². The average molecular weight is 474 g/mol. The number of carbonyl (C=O) groups is 3. The highest BCUT2D eigenvalue weighted by Gasteiger charge is 2.21. The lowest BCUT2D eigenvalue weighted by atomic mass is 10.1. The van der Waals surface area contributed by atoms with Crippen LogP contribution in [0.5, 0.6) is 5.75 Å². The van der Waals surface area contributed by atoms with E-state index in [1.54, 1.807) is 48.2 Å². The fraction of sp³-hybridized carbons (Fsp3) is 0.120. The first-order chi connectivity index (χ1) is 17.0. The third kappa shape index (κ3) is 5.93. The Balaban J connectivity index is 1.45. The molecule has 0 bridgehead atoms. The van der Waals surface area contributed by atoms with E-state index in [1.807, 2.05) is 30.3 Å². The Morgan fingerprint density at radius 2 is 1.77 bits per heavy atom. The number of benzene rings is 2. The summed E-state index contributed by atoms with van der Waals surface area (Å²) in [5.74, 6) is -0.358. The summed E-state index contributed by atoms with van der Waals surface area (Å²) in [7, 11) is 1.56. The van der Waals surface area contributed by atoms with Gasteiger partial charge >= 0.3 is 12.0 Å². The lowest BCUT2D eigenvalue weighted by Crippen LogP contribution is -2.41. The Bertz CT molecular complexity index is 1300. The van der Waals surface area contributed by atoms with Crippen LogP contribution in [0, 0.1) is 0 Å². The smallest absolute Gasteiger partial charge is 0.342 e. The number of rotatable bonds is 8. The van der Waals surface area contributed by atoms with E-state index in [0.717, 1.165) is 5.69 Å². The maximum Gasteiger partial charge on any atom is 0.342 e. The van der Waals surface area contributed by atoms with Crippen molar-refractivity contribution in [3.63, 3.8) is 0 Å². The Hall–Kier alpha value is -4.86. The molecule has 0 aliphatic heterocycles. The number of furan rings is 1. The van der Waals surface area contributed by atoms with E-state index < -0.39 is 24.5 Å². The molecule has 0 spiro atoms. The number of amides is 3. The summed E-state index contributed by atoms with van der Waals surface area (Å²) in [5, 5.41) is 9.12. The molecule has 0 unspecified atom stereocenters. The number of imide groups is 1. The lowest BCUT2D eigenvalue weighted by molar-refractivity contribution is -0.123. The number of hydrogen-bond acceptors (Lipinski definition) is 7. The summed E-state index contributed by atoms with van der Waals surface area (Å²) in [6.45, 7) is -0.540. The zero-order valence-electron chi connectivity index (χ0n) is 18.8. The molecule has 2 aromatic heterocycles. The third-order valence-corrected chi connectivity index (χ3v) is 4.91. The quantitative estimate of drug-likeness (QED) is 0.375. The normalized spacial score (nSPS) is 10.4. The van der Waals surface area contributed by atoms with Crippen LogP contribution in [0.25, 0.3) is 16.9 Å². The highest BCUT2D eigenvalue weighted by atomic mass is 16.5. The maximum absolute atomic E-state index is 12.9. The number of urea groups is 1. The predicted octanol–water partition coefficient (Wildman–Crippen LogP) is 3.32. The van der Waals surface area contributed by atoms with Crippen LogP contribution in [0.4, 0.5) is 4.79 Å². The molecule has 10 nitrogen and oxygen atoms in total. The van der Waals surface area contributed by atoms with Crippen molar-refractivity contribution in [3.8, 4) is 22.7 Å². The van der Waals surface area contributed by atoms with Gasteiger partial charge in [-0.2, -0.15) is 5.10 Å². The van der Waals surface area contributed by atoms with Gasteiger partial charge < -0.3 is 19.2 Å². The topological polar surface area (TPSA) is 125 Å². The fourth-order valence-corrected chi connectivity index (χ4v) is 3.19. The van der Waals surface area contributed by atoms with E-state index in [4.69, 9.17) is 13.9 Å². The van der Waals surface area contributed by atoms with Gasteiger partial charge in [-0.3, -0.25) is 10.1 Å². The van der Waals surface area contributed by atoms with Crippen molar-refractivity contribution in [2.24, 2.45) is 0 Å². The molecule has 4 rings (SSSR count). The second-order valence-electron chi connectivity index (χ2n) is 7.29. The molecule has 10 heteroatoms. The molecular weight excluding hydrogens is 452 g/mol. The van der Waals surface area contributed by atoms with Crippen molar-refractivity contribution in [1.82, 2.24) is 20.4 Å². The summed E-state index contributed by atoms with van der Waals surface area (Å²) in [6, 6.07) is 18.9. The maximum atomic E-state index is 12.9. The van der Waals surface area contributed by atoms with Crippen molar-refractivity contribution in [2.75, 3.05) is 13.7 Å². The van der Waals surface area contributed by atoms with Gasteiger partial charge in [0.15, 0.2) is 6.61 Å². The number of aromatic nitrogens is 2. The number of para-hydroxylation sites is 1. The van der Waals surface area contributed by atoms with Crippen LogP contribution in [-0.2, 0) is 16.1 Å². The molecule has 0 saturated heterocycles. The molecule has 2 aromatic carbocycles. The largest absolute Gasteiger partial charge is 0.497 e. The Morgan fingerprint density at radius 3 is 2.46 bits per heavy atom. The van der Waals surface area contributed by atoms with E-state index in [2.05, 4.69) is 15.7 Å². The molecule has 0 atom stereocenters. The number of ether oxygens (including phenoxy) is 2. The van der Waals surface area contributed by atoms with Crippen LogP contribution >= 0.6 is 0 Å². The van der Waals surface area contributed by atoms with E-state index in [-0.39, 0.29) is 12.1 Å². The van der Waals surface area contributed by atoms with Gasteiger partial charge in [-0.1, -0.05) is 18.2 Å². The van der Waals surface area contributed by atoms with Crippen molar-refractivity contribution < 1.29 is 28.3 Å². The number of carbonyl (C=O) groups excluding carboxylic acids is 3. The van der Waals surface area contributed by atoms with Crippen molar-refractivity contribution in [1.29, 1.82) is 0 Å². The minimum Gasteiger partial charge on any atom is -0.497 e. The molecular formula is C25H22N4O6. The summed E-state index contributed by atoms with van der Waals surface area (Å²) in [6.07, 6.45) is 3.00. The van der Waals surface area contributed by atoms with Gasteiger partial charge in [0.2, 0.25) is 0 Å². The second kappa shape index (κ2) is 10.8. The van der Waals surface area contributed by atoms with E-state index >= 15 is 0 Å². The SMILES string of the molecule is COc1ccc(-c2nn(-c3ccccc3)cc2C(=O)OCC(=O)NC(=O)NCc2ccco2)cc1. The van der Waals surface area contributed by atoms with E-state index in [0.29, 0.717) is 22.8 Å². The summed E-state index contributed by atoms with van der Waals surface area (Å²) in [4.78, 5) is 36.8. The number of methoxy groups -OCH3 is 1. The number of esters is 1. The Kier molecular flexibility index (Phi) is 7.22. The average Bonchev–Trinajstić information content (AvgIpc) is 3.57. The molecule has 3 amide bonds. The van der Waals surface area contributed by atoms with E-state index in [9.17, 15) is 14.4 Å². The number of hydrogen-bond donors (Lipinski definition) is 2. The molecule has 2 N–H and O–H groups in total. The molecule has 178 valence electrons. The highest BCUT2D eigenvalue weighted by Crippen LogP contribution is 2.26. The van der Waals surface area contributed by atoms with Gasteiger partial charge in [-0.25, -0.2) is 14.3 Å². The number of nitrogens with one attached hydrogen (secondary N) is 2. The lowest BCUT2D eigenvalue weighted by Gasteiger charge is -2.07. The molecule has 35 heavy (non-hydrogen) atoms. The van der Waals surface area contributed by atoms with Crippen LogP contribution in [0.15, 0.2) is 83.6 Å². The first kappa shape index (κ1) is 23.3. The Morgan fingerprint density at radius 1 is 1.00 bits per heavy atom. The van der Waals surface area contributed by atoms with Crippen LogP contribution < -0.4 is 15.4 Å². The van der Waals surface area contributed by atoms with Crippen molar-refractivity contribution in [2.45, 2.75) is 6.54 Å². The summed E-state index contributed by atoms with van der Waals surface area (Å²) in [5.41, 5.74) is 1.94. The van der Waals surface area contributed by atoms with Crippen molar-refractivity contribution >= 4 is 17.9 Å². The minimum absolute atomic E-state index is 0.107. The van der Waals surface area contributed by atoms with Gasteiger partial charge in [0.25, 0.3) is 5.91 Å². The predicted molar refractivity (Wildman–Crippen MR) is 125 cm³/mol. The van der Waals surface area contributed by atoms with Gasteiger partial charge in [-0.15, -0.1) is 0 Å². The monoisotopic (exact) mass is 474 g/mol. The van der Waals surface area contributed by atoms with Gasteiger partial charge in [0, 0.05) is 11.8 Å². The first-order valence-electron chi connectivity index (χ1n) is 10.6. The standard InChI is InChI=1S/C25H22N4O6/c1-33-19-11-9-17(10-12-19)23-21(15-29(28-23)18-6-3-2-4-7-18)24(31)35-16-22(30)27-25(32)26-14-20-8-5-13-34-20/h2-13,15H,14,16H2,1H3,(H2,26,27,30,32). The molecule has 4 aromatic rings. The zero-order valence-corrected chi connectivity index (χ0v) is 18.8. The second-order valence-corrected chi connectivity index (χ2v) is 7.29. The molecule has 2 heterocycles. The van der Waals surface area contributed by atoms with Gasteiger partial charge in [0.1, 0.15) is 22.8 Å². The van der Waals surface area contributed by atoms with Crippen LogP contribution in [0.1, 0.15) is 16.1 Å². The highest BCUT2D eigenvalue weighted by molar-refractivity contribution is 5.99. The van der Waals surface area contributed by atoms with Crippen LogP contribution in [0.2, 0.25) is 0 Å². The van der Waals surface area contributed by atoms with Crippen LogP contribution in [-0.4, -0.2) is 41.4 Å². The molecule has 0 fully saturated rings. The Labute approximate surface area is 200 Å². The zero-order chi connectivity index (χ0) is 24.6. The molecule has 0 saturated carbocycles. The van der Waals surface area contributed by atoms with Crippen molar-refractivity contribution in [3.05, 3.63) is 90.5 Å². The van der Waals surface area contributed by atoms with E-state index in [1.165, 1.54) is 12.5 Å². The molecule has 0 aliphatic rings.